The van der Waals surface area contributed by atoms with E-state index in [-0.39, 0.29) is 0 Å². The summed E-state index contributed by atoms with van der Waals surface area (Å²) in [5.74, 6) is 0. The second kappa shape index (κ2) is 8.10. The van der Waals surface area contributed by atoms with Gasteiger partial charge in [-0.05, 0) is 36.7 Å². The molecule has 138 valence electrons. The largest absolute Gasteiger partial charge is 0.218 e. The topological polar surface area (TPSA) is 34.1 Å². The van der Waals surface area contributed by atoms with E-state index in [0.717, 1.165) is 15.9 Å². The summed E-state index contributed by atoms with van der Waals surface area (Å²) in [7, 11) is -4.62. The fourth-order valence-corrected chi connectivity index (χ4v) is 7.51. The molecule has 0 fully saturated rings. The first-order chi connectivity index (χ1) is 13.7. The van der Waals surface area contributed by atoms with Crippen molar-refractivity contribution < 1.29 is 8.42 Å². The van der Waals surface area contributed by atoms with Crippen molar-refractivity contribution in [3.63, 3.8) is 0 Å². The molecule has 0 aliphatic carbocycles. The zero-order valence-corrected chi connectivity index (χ0v) is 16.9. The van der Waals surface area contributed by atoms with Crippen molar-refractivity contribution in [3.8, 4) is 0 Å². The zero-order chi connectivity index (χ0) is 19.4. The van der Waals surface area contributed by atoms with Crippen molar-refractivity contribution >= 4 is 33.7 Å². The van der Waals surface area contributed by atoms with Crippen LogP contribution >= 0.6 is 7.92 Å². The van der Waals surface area contributed by atoms with E-state index >= 15 is 0 Å². The van der Waals surface area contributed by atoms with Gasteiger partial charge >= 0.3 is 0 Å². The molecule has 0 aliphatic rings. The highest BCUT2D eigenvalue weighted by Gasteiger charge is 2.26. The molecule has 0 saturated carbocycles. The van der Waals surface area contributed by atoms with Crippen LogP contribution in [0.3, 0.4) is 0 Å². The molecule has 4 aromatic carbocycles. The number of rotatable bonds is 5. The molecule has 4 rings (SSSR count). The minimum atomic E-state index is -3.61. The smallest absolute Gasteiger partial charge is 0.207 e. The fourth-order valence-electron chi connectivity index (χ4n) is 3.18. The van der Waals surface area contributed by atoms with Crippen molar-refractivity contribution in [1.82, 2.24) is 0 Å². The average Bonchev–Trinajstić information content (AvgIpc) is 2.76. The Morgan fingerprint density at radius 2 is 0.929 bits per heavy atom. The maximum atomic E-state index is 13.4. The molecular formula is C24H19O2PS. The maximum absolute atomic E-state index is 13.4. The third-order valence-electron chi connectivity index (χ3n) is 4.48. The zero-order valence-electron chi connectivity index (χ0n) is 15.1. The Hall–Kier alpha value is -2.74. The van der Waals surface area contributed by atoms with Crippen molar-refractivity contribution in [3.05, 3.63) is 115 Å². The van der Waals surface area contributed by atoms with E-state index in [1.165, 1.54) is 0 Å². The van der Waals surface area contributed by atoms with E-state index < -0.39 is 17.8 Å². The molecule has 0 bridgehead atoms. The first-order valence-corrected chi connectivity index (χ1v) is 11.8. The van der Waals surface area contributed by atoms with Gasteiger partial charge in [0.2, 0.25) is 9.84 Å². The van der Waals surface area contributed by atoms with Crippen molar-refractivity contribution in [2.75, 3.05) is 0 Å². The summed E-state index contributed by atoms with van der Waals surface area (Å²) >= 11 is 0. The summed E-state index contributed by atoms with van der Waals surface area (Å²) in [5, 5.41) is 3.09. The summed E-state index contributed by atoms with van der Waals surface area (Å²) in [6.45, 7) is 0. The molecule has 0 N–H and O–H groups in total. The van der Waals surface area contributed by atoms with Gasteiger partial charge in [-0.1, -0.05) is 97.1 Å². The van der Waals surface area contributed by atoms with Crippen molar-refractivity contribution in [1.29, 1.82) is 0 Å². The van der Waals surface area contributed by atoms with Gasteiger partial charge in [0.25, 0.3) is 0 Å². The number of hydrogen-bond acceptors (Lipinski definition) is 2. The Labute approximate surface area is 167 Å². The maximum Gasteiger partial charge on any atom is 0.207 e. The lowest BCUT2D eigenvalue weighted by Gasteiger charge is -2.22. The van der Waals surface area contributed by atoms with Crippen LogP contribution in [0.2, 0.25) is 0 Å². The summed E-state index contributed by atoms with van der Waals surface area (Å²) in [6, 6.07) is 36.3. The van der Waals surface area contributed by atoms with Gasteiger partial charge in [0.05, 0.1) is 9.79 Å². The van der Waals surface area contributed by atoms with Gasteiger partial charge in [-0.2, -0.15) is 0 Å². The van der Waals surface area contributed by atoms with Gasteiger partial charge < -0.3 is 0 Å². The van der Waals surface area contributed by atoms with Crippen LogP contribution in [-0.2, 0) is 9.84 Å². The third kappa shape index (κ3) is 3.64. The Morgan fingerprint density at radius 1 is 0.500 bits per heavy atom. The molecule has 0 spiro atoms. The molecule has 0 unspecified atom stereocenters. The van der Waals surface area contributed by atoms with Crippen LogP contribution in [0, 0.1) is 0 Å². The lowest BCUT2D eigenvalue weighted by atomic mass is 10.3. The molecule has 0 radical (unpaired) electrons. The van der Waals surface area contributed by atoms with Gasteiger partial charge in [-0.3, -0.25) is 0 Å². The van der Waals surface area contributed by atoms with E-state index in [4.69, 9.17) is 0 Å². The van der Waals surface area contributed by atoms with E-state index in [1.54, 1.807) is 36.4 Å². The number of hydrogen-bond donors (Lipinski definition) is 0. The van der Waals surface area contributed by atoms with Gasteiger partial charge in [0, 0.05) is 5.30 Å². The molecule has 4 aromatic rings. The first kappa shape index (κ1) is 18.6. The lowest BCUT2D eigenvalue weighted by Crippen LogP contribution is -2.25. The van der Waals surface area contributed by atoms with Crippen LogP contribution in [0.1, 0.15) is 0 Å². The second-order valence-electron chi connectivity index (χ2n) is 6.29. The molecule has 0 aromatic heterocycles. The monoisotopic (exact) mass is 402 g/mol. The highest BCUT2D eigenvalue weighted by Crippen LogP contribution is 2.36. The SMILES string of the molecule is O=S(=O)(c1ccccc1)c1ccccc1P(c1ccccc1)c1ccccc1. The van der Waals surface area contributed by atoms with Crippen molar-refractivity contribution in [2.45, 2.75) is 9.79 Å². The number of sulfone groups is 1. The number of benzene rings is 4. The second-order valence-corrected chi connectivity index (χ2v) is 10.4. The van der Waals surface area contributed by atoms with Crippen LogP contribution in [-0.4, -0.2) is 8.42 Å². The highest BCUT2D eigenvalue weighted by molar-refractivity contribution is 7.92. The molecular weight excluding hydrogens is 383 g/mol. The Morgan fingerprint density at radius 3 is 1.46 bits per heavy atom. The Bertz CT molecular complexity index is 1120. The van der Waals surface area contributed by atoms with E-state index in [9.17, 15) is 8.42 Å². The quantitative estimate of drug-likeness (QED) is 0.467. The van der Waals surface area contributed by atoms with E-state index in [1.807, 2.05) is 54.6 Å². The van der Waals surface area contributed by atoms with Crippen LogP contribution in [0.15, 0.2) is 125 Å². The molecule has 0 atom stereocenters. The molecule has 28 heavy (non-hydrogen) atoms. The normalized spacial score (nSPS) is 11.5. The van der Waals surface area contributed by atoms with Crippen LogP contribution < -0.4 is 15.9 Å². The predicted molar refractivity (Wildman–Crippen MR) is 117 cm³/mol. The van der Waals surface area contributed by atoms with Gasteiger partial charge in [0.15, 0.2) is 0 Å². The summed E-state index contributed by atoms with van der Waals surface area (Å²) in [5.41, 5.74) is 0. The Kier molecular flexibility index (Phi) is 5.38. The minimum Gasteiger partial charge on any atom is -0.218 e. The fraction of sp³-hybridized carbons (Fsp3) is 0. The summed E-state index contributed by atoms with van der Waals surface area (Å²) in [6.07, 6.45) is 0. The first-order valence-electron chi connectivity index (χ1n) is 8.97. The predicted octanol–water partition coefficient (Wildman–Crippen LogP) is 4.28. The molecule has 0 amide bonds. The summed E-state index contributed by atoms with van der Waals surface area (Å²) in [4.78, 5) is 0.693. The van der Waals surface area contributed by atoms with Gasteiger partial charge in [-0.15, -0.1) is 0 Å². The van der Waals surface area contributed by atoms with Crippen molar-refractivity contribution in [2.24, 2.45) is 0 Å². The molecule has 0 aliphatic heterocycles. The minimum absolute atomic E-state index is 0.318. The molecule has 0 heterocycles. The highest BCUT2D eigenvalue weighted by atomic mass is 32.2. The standard InChI is InChI=1S/C24H19O2PS/c25-28(26,22-16-8-3-9-17-22)24-19-11-10-18-23(24)27(20-12-4-1-5-13-20)21-14-6-2-7-15-21/h1-19H. The van der Waals surface area contributed by atoms with E-state index in [0.29, 0.717) is 9.79 Å². The van der Waals surface area contributed by atoms with Gasteiger partial charge in [-0.25, -0.2) is 8.42 Å². The van der Waals surface area contributed by atoms with Crippen LogP contribution in [0.5, 0.6) is 0 Å². The Balaban J connectivity index is 1.95. The van der Waals surface area contributed by atoms with E-state index in [2.05, 4.69) is 24.3 Å². The molecule has 4 heteroatoms. The molecule has 2 nitrogen and oxygen atoms in total. The lowest BCUT2D eigenvalue weighted by molar-refractivity contribution is 0.596. The average molecular weight is 402 g/mol. The van der Waals surface area contributed by atoms with Crippen LogP contribution in [0.4, 0.5) is 0 Å². The summed E-state index contributed by atoms with van der Waals surface area (Å²) < 4.78 is 26.9. The van der Waals surface area contributed by atoms with Crippen LogP contribution in [0.25, 0.3) is 0 Å². The van der Waals surface area contributed by atoms with Gasteiger partial charge in [0.1, 0.15) is 0 Å². The third-order valence-corrected chi connectivity index (χ3v) is 8.96. The molecule has 0 saturated heterocycles.